The number of nitrogens with zero attached hydrogens (tertiary/aromatic N) is 3. The molecule has 80 valence electrons. The van der Waals surface area contributed by atoms with E-state index < -0.39 is 16.8 Å². The molecule has 1 aromatic carbocycles. The molecule has 0 saturated carbocycles. The molecule has 1 aliphatic rings. The monoisotopic (exact) mass is 237 g/mol. The topological polar surface area (TPSA) is 84.9 Å². The predicted octanol–water partition coefficient (Wildman–Crippen LogP) is 1.94. The molecule has 0 aromatic heterocycles. The lowest BCUT2D eigenvalue weighted by Gasteiger charge is -1.98. The lowest BCUT2D eigenvalue weighted by atomic mass is 10.1. The Bertz CT molecular complexity index is 533. The van der Waals surface area contributed by atoms with Gasteiger partial charge in [0.25, 0.3) is 0 Å². The highest BCUT2D eigenvalue weighted by Crippen LogP contribution is 2.14. The number of amidine groups is 1. The molecule has 2 rings (SSSR count). The zero-order valence-corrected chi connectivity index (χ0v) is 8.51. The first-order chi connectivity index (χ1) is 7.58. The highest BCUT2D eigenvalue weighted by molar-refractivity contribution is 6.49. The fraction of sp³-hybridized carbons (Fsp3) is 0. The van der Waals surface area contributed by atoms with Crippen LogP contribution in [0.25, 0.3) is 0 Å². The van der Waals surface area contributed by atoms with Gasteiger partial charge in [-0.2, -0.15) is 4.99 Å². The normalized spacial score (nSPS) is 14.7. The van der Waals surface area contributed by atoms with E-state index in [2.05, 4.69) is 9.98 Å². The molecule has 0 radical (unpaired) electrons. The predicted molar refractivity (Wildman–Crippen MR) is 57.8 cm³/mol. The van der Waals surface area contributed by atoms with Gasteiger partial charge in [0, 0.05) is 15.6 Å². The lowest BCUT2D eigenvalue weighted by molar-refractivity contribution is -0.345. The number of benzene rings is 1. The summed E-state index contributed by atoms with van der Waals surface area (Å²) in [5.74, 6) is -0.535. The van der Waals surface area contributed by atoms with Crippen molar-refractivity contribution in [2.75, 3.05) is 0 Å². The number of hydrogen-bond acceptors (Lipinski definition) is 3. The smallest absolute Gasteiger partial charge is 0.358 e. The lowest BCUT2D eigenvalue weighted by Crippen LogP contribution is -2.21. The number of carbonyl (C=O) groups is 1. The summed E-state index contributed by atoms with van der Waals surface area (Å²) in [5.41, 5.74) is 0.400. The number of halogens is 1. The minimum absolute atomic E-state index is 0.0355. The van der Waals surface area contributed by atoms with Crippen LogP contribution in [0, 0.1) is 10.1 Å². The average molecular weight is 238 g/mol. The van der Waals surface area contributed by atoms with Gasteiger partial charge in [-0.1, -0.05) is 23.7 Å². The molecule has 1 aliphatic heterocycles. The van der Waals surface area contributed by atoms with Gasteiger partial charge in [-0.25, -0.2) is 4.79 Å². The molecule has 1 aromatic rings. The quantitative estimate of drug-likeness (QED) is 0.552. The van der Waals surface area contributed by atoms with Crippen molar-refractivity contribution in [3.63, 3.8) is 0 Å². The van der Waals surface area contributed by atoms with E-state index >= 15 is 0 Å². The maximum Gasteiger partial charge on any atom is 0.477 e. The highest BCUT2D eigenvalue weighted by atomic mass is 35.5. The fourth-order valence-electron chi connectivity index (χ4n) is 1.24. The average Bonchev–Trinajstić information content (AvgIpc) is 2.61. The van der Waals surface area contributed by atoms with Crippen LogP contribution in [-0.2, 0) is 0 Å². The summed E-state index contributed by atoms with van der Waals surface area (Å²) in [5, 5.41) is 11.1. The zero-order chi connectivity index (χ0) is 11.7. The third-order valence-corrected chi connectivity index (χ3v) is 2.16. The van der Waals surface area contributed by atoms with Gasteiger partial charge >= 0.3 is 11.9 Å². The van der Waals surface area contributed by atoms with Crippen LogP contribution in [-0.4, -0.2) is 22.5 Å². The Balaban J connectivity index is 2.45. The standard InChI is InChI=1S/C9H4ClN3O3/c10-6-3-1-5(2-4-6)7-8(13(15)16)12-9(14)11-7/h1-4H. The molecule has 0 bridgehead atoms. The molecule has 0 spiro atoms. The molecule has 7 heteroatoms. The van der Waals surface area contributed by atoms with E-state index in [1.165, 1.54) is 0 Å². The maximum atomic E-state index is 10.9. The van der Waals surface area contributed by atoms with E-state index in [-0.39, 0.29) is 5.71 Å². The molecule has 16 heavy (non-hydrogen) atoms. The molecular formula is C9H4ClN3O3. The molecule has 0 fully saturated rings. The molecule has 2 amide bonds. The van der Waals surface area contributed by atoms with Crippen molar-refractivity contribution in [3.05, 3.63) is 45.0 Å². The van der Waals surface area contributed by atoms with Gasteiger partial charge in [-0.3, -0.25) is 0 Å². The highest BCUT2D eigenvalue weighted by Gasteiger charge is 2.32. The minimum atomic E-state index is -0.864. The van der Waals surface area contributed by atoms with Crippen molar-refractivity contribution in [2.24, 2.45) is 9.98 Å². The summed E-state index contributed by atoms with van der Waals surface area (Å²) in [4.78, 5) is 27.5. The number of carbonyl (C=O) groups excluding carboxylic acids is 1. The van der Waals surface area contributed by atoms with Crippen LogP contribution < -0.4 is 0 Å². The van der Waals surface area contributed by atoms with Gasteiger partial charge in [-0.15, -0.1) is 0 Å². The van der Waals surface area contributed by atoms with Gasteiger partial charge in [0.05, 0.1) is 0 Å². The summed E-state index contributed by atoms with van der Waals surface area (Å²) in [7, 11) is 0. The summed E-state index contributed by atoms with van der Waals surface area (Å²) >= 11 is 5.68. The number of urea groups is 1. The number of aliphatic imine (C=N–C) groups is 2. The third kappa shape index (κ3) is 1.82. The third-order valence-electron chi connectivity index (χ3n) is 1.91. The van der Waals surface area contributed by atoms with Crippen LogP contribution in [0.1, 0.15) is 5.56 Å². The van der Waals surface area contributed by atoms with Crippen LogP contribution in [0.5, 0.6) is 0 Å². The van der Waals surface area contributed by atoms with E-state index in [0.29, 0.717) is 10.6 Å². The molecule has 6 nitrogen and oxygen atoms in total. The Morgan fingerprint density at radius 2 is 1.81 bits per heavy atom. The Morgan fingerprint density at radius 1 is 1.19 bits per heavy atom. The Labute approximate surface area is 94.4 Å². The first-order valence-electron chi connectivity index (χ1n) is 4.20. The molecule has 0 atom stereocenters. The Morgan fingerprint density at radius 3 is 2.38 bits per heavy atom. The Hall–Kier alpha value is -2.08. The minimum Gasteiger partial charge on any atom is -0.358 e. The summed E-state index contributed by atoms with van der Waals surface area (Å²) in [6.45, 7) is 0. The van der Waals surface area contributed by atoms with Crippen molar-refractivity contribution in [2.45, 2.75) is 0 Å². The van der Waals surface area contributed by atoms with Crippen molar-refractivity contribution in [3.8, 4) is 0 Å². The second kappa shape index (κ2) is 3.82. The van der Waals surface area contributed by atoms with Crippen LogP contribution in [0.15, 0.2) is 34.3 Å². The van der Waals surface area contributed by atoms with Gasteiger partial charge in [0.15, 0.2) is 5.71 Å². The largest absolute Gasteiger partial charge is 0.477 e. The molecule has 0 N–H and O–H groups in total. The van der Waals surface area contributed by atoms with E-state index in [4.69, 9.17) is 11.6 Å². The van der Waals surface area contributed by atoms with Gasteiger partial charge in [0.1, 0.15) is 0 Å². The summed E-state index contributed by atoms with van der Waals surface area (Å²) < 4.78 is 0. The van der Waals surface area contributed by atoms with Gasteiger partial charge in [0.2, 0.25) is 0 Å². The zero-order valence-electron chi connectivity index (χ0n) is 7.75. The molecule has 0 unspecified atom stereocenters. The SMILES string of the molecule is O=C1N=C(c2ccc(Cl)cc2)C([N+](=O)[O-])=N1. The van der Waals surface area contributed by atoms with E-state index in [0.717, 1.165) is 0 Å². The van der Waals surface area contributed by atoms with E-state index in [9.17, 15) is 14.9 Å². The van der Waals surface area contributed by atoms with Crippen molar-refractivity contribution < 1.29 is 9.72 Å². The van der Waals surface area contributed by atoms with Gasteiger partial charge < -0.3 is 10.1 Å². The van der Waals surface area contributed by atoms with Crippen molar-refractivity contribution in [1.29, 1.82) is 0 Å². The van der Waals surface area contributed by atoms with Crippen LogP contribution >= 0.6 is 11.6 Å². The second-order valence-electron chi connectivity index (χ2n) is 2.94. The second-order valence-corrected chi connectivity index (χ2v) is 3.38. The molecular weight excluding hydrogens is 234 g/mol. The van der Waals surface area contributed by atoms with Crippen molar-refractivity contribution >= 4 is 29.2 Å². The van der Waals surface area contributed by atoms with Crippen LogP contribution in [0.4, 0.5) is 4.79 Å². The van der Waals surface area contributed by atoms with Crippen LogP contribution in [0.2, 0.25) is 5.02 Å². The van der Waals surface area contributed by atoms with Crippen molar-refractivity contribution in [1.82, 2.24) is 0 Å². The maximum absolute atomic E-state index is 10.9. The summed E-state index contributed by atoms with van der Waals surface area (Å²) in [6, 6.07) is 5.33. The first kappa shape index (κ1) is 10.4. The van der Waals surface area contributed by atoms with Crippen LogP contribution in [0.3, 0.4) is 0 Å². The van der Waals surface area contributed by atoms with Gasteiger partial charge in [-0.05, 0) is 17.1 Å². The molecule has 1 heterocycles. The number of hydrogen-bond donors (Lipinski definition) is 0. The Kier molecular flexibility index (Phi) is 2.49. The first-order valence-corrected chi connectivity index (χ1v) is 4.58. The number of nitro groups is 1. The summed E-state index contributed by atoms with van der Waals surface area (Å²) in [6.07, 6.45) is 0. The number of rotatable bonds is 1. The molecule has 0 aliphatic carbocycles. The number of amides is 2. The molecule has 0 saturated heterocycles. The van der Waals surface area contributed by atoms with E-state index in [1.807, 2.05) is 0 Å². The fourth-order valence-corrected chi connectivity index (χ4v) is 1.37. The van der Waals surface area contributed by atoms with E-state index in [1.54, 1.807) is 24.3 Å².